The summed E-state index contributed by atoms with van der Waals surface area (Å²) in [7, 11) is -3.51. The molecule has 2 rings (SSSR count). The predicted molar refractivity (Wildman–Crippen MR) is 67.4 cm³/mol. The highest BCUT2D eigenvalue weighted by Gasteiger charge is 2.27. The van der Waals surface area contributed by atoms with Crippen LogP contribution in [0.4, 0.5) is 5.82 Å². The molecule has 1 aliphatic rings. The fourth-order valence-electron chi connectivity index (χ4n) is 1.91. The molecule has 6 nitrogen and oxygen atoms in total. The van der Waals surface area contributed by atoms with Crippen LogP contribution in [0.3, 0.4) is 0 Å². The van der Waals surface area contributed by atoms with E-state index in [4.69, 9.17) is 10.5 Å². The van der Waals surface area contributed by atoms with Crippen molar-refractivity contribution < 1.29 is 13.2 Å². The van der Waals surface area contributed by atoms with E-state index >= 15 is 0 Å². The van der Waals surface area contributed by atoms with Crippen molar-refractivity contribution in [1.82, 2.24) is 9.29 Å². The molecule has 0 amide bonds. The van der Waals surface area contributed by atoms with Crippen LogP contribution in [0.5, 0.6) is 0 Å². The Labute approximate surface area is 107 Å². The molecule has 0 radical (unpaired) electrons. The number of rotatable bonds is 2. The van der Waals surface area contributed by atoms with Gasteiger partial charge in [0.05, 0.1) is 11.0 Å². The van der Waals surface area contributed by atoms with E-state index < -0.39 is 10.0 Å². The first-order valence-electron chi connectivity index (χ1n) is 5.83. The van der Waals surface area contributed by atoms with Crippen LogP contribution in [0.15, 0.2) is 23.2 Å². The molecular weight excluding hydrogens is 254 g/mol. The van der Waals surface area contributed by atoms with Crippen molar-refractivity contribution in [1.29, 1.82) is 0 Å². The van der Waals surface area contributed by atoms with Crippen LogP contribution in [0.1, 0.15) is 13.3 Å². The minimum atomic E-state index is -3.51. The zero-order valence-corrected chi connectivity index (χ0v) is 11.1. The third-order valence-corrected chi connectivity index (χ3v) is 4.67. The molecule has 100 valence electrons. The Hall–Kier alpha value is -1.18. The summed E-state index contributed by atoms with van der Waals surface area (Å²) in [5.74, 6) is 0.204. The van der Waals surface area contributed by atoms with E-state index in [-0.39, 0.29) is 16.8 Å². The van der Waals surface area contributed by atoms with Gasteiger partial charge < -0.3 is 10.5 Å². The molecule has 1 atom stereocenters. The van der Waals surface area contributed by atoms with Crippen LogP contribution >= 0.6 is 0 Å². The number of anilines is 1. The molecule has 0 spiro atoms. The average Bonchev–Trinajstić information content (AvgIpc) is 2.54. The quantitative estimate of drug-likeness (QED) is 0.844. The largest absolute Gasteiger partial charge is 0.384 e. The van der Waals surface area contributed by atoms with E-state index in [1.165, 1.54) is 22.6 Å². The van der Waals surface area contributed by atoms with Gasteiger partial charge in [-0.2, -0.15) is 4.31 Å². The molecule has 1 unspecified atom stereocenters. The summed E-state index contributed by atoms with van der Waals surface area (Å²) >= 11 is 0. The van der Waals surface area contributed by atoms with Gasteiger partial charge >= 0.3 is 0 Å². The van der Waals surface area contributed by atoms with E-state index in [9.17, 15) is 8.42 Å². The molecule has 2 heterocycles. The van der Waals surface area contributed by atoms with Gasteiger partial charge in [-0.25, -0.2) is 13.4 Å². The standard InChI is InChI=1S/C11H17N3O3S/c1-9-8-14(5-2-6-17-9)18(15,16)10-3-4-13-11(12)7-10/h3-4,7,9H,2,5-6,8H2,1H3,(H2,12,13). The van der Waals surface area contributed by atoms with Crippen molar-refractivity contribution in [2.24, 2.45) is 0 Å². The van der Waals surface area contributed by atoms with E-state index in [1.807, 2.05) is 6.92 Å². The Balaban J connectivity index is 2.30. The lowest BCUT2D eigenvalue weighted by Crippen LogP contribution is -2.36. The predicted octanol–water partition coefficient (Wildman–Crippen LogP) is 0.463. The SMILES string of the molecule is CC1CN(S(=O)(=O)c2ccnc(N)c2)CCCO1. The van der Waals surface area contributed by atoms with Crippen LogP contribution in [0.2, 0.25) is 0 Å². The zero-order chi connectivity index (χ0) is 13.2. The van der Waals surface area contributed by atoms with Gasteiger partial charge in [0.15, 0.2) is 0 Å². The van der Waals surface area contributed by atoms with Gasteiger partial charge in [0, 0.05) is 32.0 Å². The van der Waals surface area contributed by atoms with Crippen LogP contribution in [0, 0.1) is 0 Å². The number of hydrogen-bond donors (Lipinski definition) is 1. The van der Waals surface area contributed by atoms with Crippen molar-refractivity contribution in [3.8, 4) is 0 Å². The van der Waals surface area contributed by atoms with E-state index in [0.29, 0.717) is 26.1 Å². The van der Waals surface area contributed by atoms with Crippen molar-refractivity contribution in [2.45, 2.75) is 24.3 Å². The summed E-state index contributed by atoms with van der Waals surface area (Å²) in [4.78, 5) is 3.99. The summed E-state index contributed by atoms with van der Waals surface area (Å²) in [5, 5.41) is 0. The molecule has 1 aliphatic heterocycles. The van der Waals surface area contributed by atoms with E-state index in [0.717, 1.165) is 0 Å². The molecular formula is C11H17N3O3S. The highest BCUT2D eigenvalue weighted by molar-refractivity contribution is 7.89. The topological polar surface area (TPSA) is 85.5 Å². The van der Waals surface area contributed by atoms with Crippen molar-refractivity contribution >= 4 is 15.8 Å². The smallest absolute Gasteiger partial charge is 0.243 e. The van der Waals surface area contributed by atoms with Crippen LogP contribution in [-0.4, -0.2) is 43.5 Å². The number of pyridine rings is 1. The number of sulfonamides is 1. The third-order valence-electron chi connectivity index (χ3n) is 2.81. The Morgan fingerprint density at radius 2 is 2.33 bits per heavy atom. The molecule has 1 fully saturated rings. The molecule has 0 bridgehead atoms. The number of nitrogen functional groups attached to an aromatic ring is 1. The van der Waals surface area contributed by atoms with Crippen LogP contribution < -0.4 is 5.73 Å². The maximum Gasteiger partial charge on any atom is 0.243 e. The monoisotopic (exact) mass is 271 g/mol. The normalized spacial score (nSPS) is 22.6. The van der Waals surface area contributed by atoms with Crippen molar-refractivity contribution in [3.63, 3.8) is 0 Å². The molecule has 1 saturated heterocycles. The molecule has 1 aromatic heterocycles. The Bertz CT molecular complexity index is 518. The van der Waals surface area contributed by atoms with Gasteiger partial charge in [0.2, 0.25) is 10.0 Å². The summed E-state index contributed by atoms with van der Waals surface area (Å²) in [5.41, 5.74) is 5.52. The minimum absolute atomic E-state index is 0.0959. The average molecular weight is 271 g/mol. The van der Waals surface area contributed by atoms with Crippen molar-refractivity contribution in [3.05, 3.63) is 18.3 Å². The van der Waals surface area contributed by atoms with Crippen LogP contribution in [0.25, 0.3) is 0 Å². The fourth-order valence-corrected chi connectivity index (χ4v) is 3.49. The number of aromatic nitrogens is 1. The summed E-state index contributed by atoms with van der Waals surface area (Å²) < 4.78 is 31.7. The van der Waals surface area contributed by atoms with Gasteiger partial charge in [-0.05, 0) is 19.4 Å². The van der Waals surface area contributed by atoms with Crippen LogP contribution in [-0.2, 0) is 14.8 Å². The maximum atomic E-state index is 12.4. The highest BCUT2D eigenvalue weighted by atomic mass is 32.2. The van der Waals surface area contributed by atoms with E-state index in [1.54, 1.807) is 0 Å². The molecule has 1 aromatic rings. The van der Waals surface area contributed by atoms with E-state index in [2.05, 4.69) is 4.98 Å². The summed E-state index contributed by atoms with van der Waals surface area (Å²) in [6.45, 7) is 3.29. The Morgan fingerprint density at radius 3 is 3.06 bits per heavy atom. The highest BCUT2D eigenvalue weighted by Crippen LogP contribution is 2.19. The molecule has 2 N–H and O–H groups in total. The van der Waals surface area contributed by atoms with Gasteiger partial charge in [0.25, 0.3) is 0 Å². The lowest BCUT2D eigenvalue weighted by molar-refractivity contribution is 0.0752. The lowest BCUT2D eigenvalue weighted by atomic mass is 10.4. The first-order chi connectivity index (χ1) is 8.50. The molecule has 0 saturated carbocycles. The maximum absolute atomic E-state index is 12.4. The first-order valence-corrected chi connectivity index (χ1v) is 7.27. The number of hydrogen-bond acceptors (Lipinski definition) is 5. The molecule has 0 aliphatic carbocycles. The summed E-state index contributed by atoms with van der Waals surface area (Å²) in [6, 6.07) is 2.84. The lowest BCUT2D eigenvalue weighted by Gasteiger charge is -2.21. The van der Waals surface area contributed by atoms with Gasteiger partial charge in [-0.1, -0.05) is 0 Å². The van der Waals surface area contributed by atoms with Crippen molar-refractivity contribution in [2.75, 3.05) is 25.4 Å². The number of nitrogens with zero attached hydrogens (tertiary/aromatic N) is 2. The molecule has 7 heteroatoms. The van der Waals surface area contributed by atoms with Gasteiger partial charge in [-0.3, -0.25) is 0 Å². The second-order valence-electron chi connectivity index (χ2n) is 4.31. The Morgan fingerprint density at radius 1 is 1.56 bits per heavy atom. The second-order valence-corrected chi connectivity index (χ2v) is 6.25. The van der Waals surface area contributed by atoms with Gasteiger partial charge in [-0.15, -0.1) is 0 Å². The zero-order valence-electron chi connectivity index (χ0n) is 10.2. The Kier molecular flexibility index (Phi) is 3.84. The molecule has 18 heavy (non-hydrogen) atoms. The second kappa shape index (κ2) is 5.21. The fraction of sp³-hybridized carbons (Fsp3) is 0.545. The minimum Gasteiger partial charge on any atom is -0.384 e. The third kappa shape index (κ3) is 2.80. The first kappa shape index (κ1) is 13.3. The molecule has 0 aromatic carbocycles. The van der Waals surface area contributed by atoms with Gasteiger partial charge in [0.1, 0.15) is 5.82 Å². The number of nitrogens with two attached hydrogens (primary N) is 1. The summed E-state index contributed by atoms with van der Waals surface area (Å²) in [6.07, 6.45) is 2.01. The number of ether oxygens (including phenoxy) is 1.